The maximum Gasteiger partial charge on any atom is 0.195 e. The van der Waals surface area contributed by atoms with Crippen LogP contribution in [0.2, 0.25) is 5.02 Å². The van der Waals surface area contributed by atoms with Gasteiger partial charge in [-0.1, -0.05) is 37.6 Å². The van der Waals surface area contributed by atoms with E-state index < -0.39 is 0 Å². The van der Waals surface area contributed by atoms with Gasteiger partial charge in [0.1, 0.15) is 5.82 Å². The van der Waals surface area contributed by atoms with Crippen LogP contribution >= 0.6 is 23.8 Å². The number of benzene rings is 1. The van der Waals surface area contributed by atoms with Crippen LogP contribution in [0.4, 0.5) is 0 Å². The van der Waals surface area contributed by atoms with E-state index in [2.05, 4.69) is 24.0 Å². The summed E-state index contributed by atoms with van der Waals surface area (Å²) in [5.41, 5.74) is 1.12. The van der Waals surface area contributed by atoms with Crippen molar-refractivity contribution in [2.75, 3.05) is 0 Å². The van der Waals surface area contributed by atoms with Gasteiger partial charge in [0, 0.05) is 10.9 Å². The van der Waals surface area contributed by atoms with E-state index in [1.165, 1.54) is 0 Å². The number of aromatic amines is 1. The molecule has 0 saturated heterocycles. The first-order valence-electron chi connectivity index (χ1n) is 5.47. The number of nitrogens with zero attached hydrogens (tertiary/aromatic N) is 2. The molecule has 0 radical (unpaired) electrons. The third kappa shape index (κ3) is 2.76. The quantitative estimate of drug-likeness (QED) is 0.859. The highest BCUT2D eigenvalue weighted by atomic mass is 35.5. The third-order valence-electron chi connectivity index (χ3n) is 2.53. The van der Waals surface area contributed by atoms with Crippen LogP contribution in [0.1, 0.15) is 31.2 Å². The SMILES string of the molecule is CC(C)c1n[nH]c(=S)n1Cc1cccc(Cl)c1. The molecule has 0 aliphatic carbocycles. The molecule has 2 aromatic rings. The summed E-state index contributed by atoms with van der Waals surface area (Å²) in [6.07, 6.45) is 0. The second-order valence-corrected chi connectivity index (χ2v) is 5.08. The van der Waals surface area contributed by atoms with Crippen molar-refractivity contribution in [1.82, 2.24) is 14.8 Å². The van der Waals surface area contributed by atoms with Gasteiger partial charge in [0.05, 0.1) is 6.54 Å². The van der Waals surface area contributed by atoms with Gasteiger partial charge in [-0.05, 0) is 29.9 Å². The Morgan fingerprint density at radius 1 is 1.47 bits per heavy atom. The lowest BCUT2D eigenvalue weighted by atomic mass is 10.2. The predicted molar refractivity (Wildman–Crippen MR) is 72.1 cm³/mol. The van der Waals surface area contributed by atoms with Gasteiger partial charge in [-0.25, -0.2) is 0 Å². The predicted octanol–water partition coefficient (Wildman–Crippen LogP) is 3.77. The van der Waals surface area contributed by atoms with E-state index in [1.54, 1.807) is 0 Å². The Hall–Kier alpha value is -1.13. The molecule has 3 nitrogen and oxygen atoms in total. The molecule has 0 aliphatic heterocycles. The molecule has 1 aromatic carbocycles. The van der Waals surface area contributed by atoms with Gasteiger partial charge in [0.25, 0.3) is 0 Å². The number of H-pyrrole nitrogens is 1. The molecule has 0 fully saturated rings. The maximum absolute atomic E-state index is 5.97. The average Bonchev–Trinajstić information content (AvgIpc) is 2.61. The molecule has 1 heterocycles. The Morgan fingerprint density at radius 2 is 2.24 bits per heavy atom. The minimum absolute atomic E-state index is 0.335. The van der Waals surface area contributed by atoms with Gasteiger partial charge in [0.15, 0.2) is 4.77 Å². The van der Waals surface area contributed by atoms with Gasteiger partial charge in [0.2, 0.25) is 0 Å². The highest BCUT2D eigenvalue weighted by Crippen LogP contribution is 2.16. The summed E-state index contributed by atoms with van der Waals surface area (Å²) in [6, 6.07) is 7.78. The number of hydrogen-bond acceptors (Lipinski definition) is 2. The molecule has 1 aromatic heterocycles. The lowest BCUT2D eigenvalue weighted by Gasteiger charge is -2.09. The summed E-state index contributed by atoms with van der Waals surface area (Å²) in [6.45, 7) is 4.89. The Kier molecular flexibility index (Phi) is 3.64. The second-order valence-electron chi connectivity index (χ2n) is 4.26. The standard InChI is InChI=1S/C12H14ClN3S/c1-8(2)11-14-15-12(17)16(11)7-9-4-3-5-10(13)6-9/h3-6,8H,7H2,1-2H3,(H,15,17). The molecule has 1 N–H and O–H groups in total. The van der Waals surface area contributed by atoms with Crippen LogP contribution in [-0.4, -0.2) is 14.8 Å². The summed E-state index contributed by atoms with van der Waals surface area (Å²) >= 11 is 11.2. The van der Waals surface area contributed by atoms with Crippen molar-refractivity contribution in [3.8, 4) is 0 Å². The van der Waals surface area contributed by atoms with Crippen molar-refractivity contribution in [3.63, 3.8) is 0 Å². The van der Waals surface area contributed by atoms with Crippen molar-refractivity contribution in [3.05, 3.63) is 45.4 Å². The van der Waals surface area contributed by atoms with Crippen LogP contribution < -0.4 is 0 Å². The van der Waals surface area contributed by atoms with Crippen LogP contribution in [0.25, 0.3) is 0 Å². The van der Waals surface area contributed by atoms with Crippen molar-refractivity contribution in [1.29, 1.82) is 0 Å². The molecule has 0 spiro atoms. The Morgan fingerprint density at radius 3 is 2.88 bits per heavy atom. The fourth-order valence-electron chi connectivity index (χ4n) is 1.74. The first kappa shape index (κ1) is 12.3. The summed E-state index contributed by atoms with van der Waals surface area (Å²) in [4.78, 5) is 0. The number of nitrogens with one attached hydrogen (secondary N) is 1. The molecule has 0 saturated carbocycles. The number of aromatic nitrogens is 3. The van der Waals surface area contributed by atoms with Crippen molar-refractivity contribution in [2.24, 2.45) is 0 Å². The molecule has 0 aliphatic rings. The Balaban J connectivity index is 2.36. The highest BCUT2D eigenvalue weighted by Gasteiger charge is 2.10. The highest BCUT2D eigenvalue weighted by molar-refractivity contribution is 7.71. The summed E-state index contributed by atoms with van der Waals surface area (Å²) in [5, 5.41) is 7.82. The smallest absolute Gasteiger partial charge is 0.195 e. The van der Waals surface area contributed by atoms with Crippen molar-refractivity contribution in [2.45, 2.75) is 26.3 Å². The summed E-state index contributed by atoms with van der Waals surface area (Å²) in [7, 11) is 0. The zero-order chi connectivity index (χ0) is 12.4. The molecule has 5 heteroatoms. The first-order valence-corrected chi connectivity index (χ1v) is 6.26. The molecular weight excluding hydrogens is 254 g/mol. The molecule has 0 unspecified atom stereocenters. The van der Waals surface area contributed by atoms with E-state index in [-0.39, 0.29) is 0 Å². The zero-order valence-corrected chi connectivity index (χ0v) is 11.3. The number of rotatable bonds is 3. The monoisotopic (exact) mass is 267 g/mol. The average molecular weight is 268 g/mol. The van der Waals surface area contributed by atoms with Gasteiger partial charge in [-0.15, -0.1) is 0 Å². The lowest BCUT2D eigenvalue weighted by molar-refractivity contribution is 0.664. The van der Waals surface area contributed by atoms with E-state index in [1.807, 2.05) is 28.8 Å². The van der Waals surface area contributed by atoms with E-state index in [0.717, 1.165) is 16.4 Å². The normalized spacial score (nSPS) is 11.1. The molecule has 0 atom stereocenters. The molecule has 90 valence electrons. The fourth-order valence-corrected chi connectivity index (χ4v) is 2.16. The second kappa shape index (κ2) is 5.02. The van der Waals surface area contributed by atoms with E-state index in [4.69, 9.17) is 23.8 Å². The number of hydrogen-bond donors (Lipinski definition) is 1. The minimum atomic E-state index is 0.335. The van der Waals surface area contributed by atoms with Gasteiger partial charge in [-0.3, -0.25) is 9.67 Å². The topological polar surface area (TPSA) is 33.6 Å². The van der Waals surface area contributed by atoms with Crippen LogP contribution in [0.5, 0.6) is 0 Å². The Bertz CT molecular complexity index is 571. The van der Waals surface area contributed by atoms with Crippen LogP contribution in [0, 0.1) is 4.77 Å². The van der Waals surface area contributed by atoms with Crippen LogP contribution in [-0.2, 0) is 6.54 Å². The van der Waals surface area contributed by atoms with Crippen LogP contribution in [0.15, 0.2) is 24.3 Å². The minimum Gasteiger partial charge on any atom is -0.299 e. The fraction of sp³-hybridized carbons (Fsp3) is 0.333. The van der Waals surface area contributed by atoms with Crippen LogP contribution in [0.3, 0.4) is 0 Å². The lowest BCUT2D eigenvalue weighted by Crippen LogP contribution is -2.06. The third-order valence-corrected chi connectivity index (χ3v) is 3.08. The molecule has 2 rings (SSSR count). The molecular formula is C12H14ClN3S. The molecule has 0 amide bonds. The molecule has 0 bridgehead atoms. The van der Waals surface area contributed by atoms with Crippen molar-refractivity contribution >= 4 is 23.8 Å². The summed E-state index contributed by atoms with van der Waals surface area (Å²) in [5.74, 6) is 1.30. The van der Waals surface area contributed by atoms with E-state index >= 15 is 0 Å². The maximum atomic E-state index is 5.97. The van der Waals surface area contributed by atoms with Crippen molar-refractivity contribution < 1.29 is 0 Å². The summed E-state index contributed by atoms with van der Waals surface area (Å²) < 4.78 is 2.65. The van der Waals surface area contributed by atoms with Gasteiger partial charge in [-0.2, -0.15) is 5.10 Å². The first-order chi connectivity index (χ1) is 8.08. The number of halogens is 1. The van der Waals surface area contributed by atoms with E-state index in [0.29, 0.717) is 17.2 Å². The van der Waals surface area contributed by atoms with Gasteiger partial charge >= 0.3 is 0 Å². The van der Waals surface area contributed by atoms with E-state index in [9.17, 15) is 0 Å². The van der Waals surface area contributed by atoms with Gasteiger partial charge < -0.3 is 0 Å². The molecule has 17 heavy (non-hydrogen) atoms. The zero-order valence-electron chi connectivity index (χ0n) is 9.77. The largest absolute Gasteiger partial charge is 0.299 e. The Labute approximate surface area is 110 Å².